The van der Waals surface area contributed by atoms with Gasteiger partial charge in [0.05, 0.1) is 12.2 Å². The molecule has 0 radical (unpaired) electrons. The van der Waals surface area contributed by atoms with E-state index >= 15 is 0 Å². The summed E-state index contributed by atoms with van der Waals surface area (Å²) >= 11 is 0. The Labute approximate surface area is 89.3 Å². The van der Waals surface area contributed by atoms with Crippen LogP contribution in [0.25, 0.3) is 0 Å². The summed E-state index contributed by atoms with van der Waals surface area (Å²) < 4.78 is 0. The summed E-state index contributed by atoms with van der Waals surface area (Å²) in [5.74, 6) is 0.0995. The monoisotopic (exact) mass is 211 g/mol. The van der Waals surface area contributed by atoms with Gasteiger partial charge < -0.3 is 16.0 Å². The molecule has 1 rings (SSSR count). The predicted octanol–water partition coefficient (Wildman–Crippen LogP) is -0.150. The number of amides is 2. The van der Waals surface area contributed by atoms with Gasteiger partial charge in [0.15, 0.2) is 0 Å². The summed E-state index contributed by atoms with van der Waals surface area (Å²) in [5, 5.41) is 8.11. The molecule has 84 valence electrons. The lowest BCUT2D eigenvalue weighted by Crippen LogP contribution is -2.44. The van der Waals surface area contributed by atoms with E-state index < -0.39 is 6.04 Å². The van der Waals surface area contributed by atoms with Crippen LogP contribution in [0.3, 0.4) is 0 Å². The van der Waals surface area contributed by atoms with Crippen LogP contribution >= 0.6 is 0 Å². The molecule has 1 saturated heterocycles. The molecule has 0 saturated carbocycles. The molecule has 1 atom stereocenters. The summed E-state index contributed by atoms with van der Waals surface area (Å²) in [4.78, 5) is 22.8. The Balaban J connectivity index is 2.45. The minimum Gasteiger partial charge on any atom is -0.360 e. The molecule has 3 N–H and O–H groups in total. The lowest BCUT2D eigenvalue weighted by Gasteiger charge is -2.21. The molecule has 0 aromatic rings. The minimum absolute atomic E-state index is 0.127. The van der Waals surface area contributed by atoms with Gasteiger partial charge in [-0.1, -0.05) is 6.58 Å². The Bertz CT molecular complexity index is 304. The molecule has 1 fully saturated rings. The second-order valence-corrected chi connectivity index (χ2v) is 4.67. The largest absolute Gasteiger partial charge is 0.360 e. The molecule has 0 bridgehead atoms. The molecule has 5 nitrogen and oxygen atoms in total. The van der Waals surface area contributed by atoms with Crippen molar-refractivity contribution in [2.45, 2.75) is 38.8 Å². The highest BCUT2D eigenvalue weighted by molar-refractivity contribution is 5.91. The lowest BCUT2D eigenvalue weighted by atomic mass is 10.1. The van der Waals surface area contributed by atoms with Crippen molar-refractivity contribution in [1.82, 2.24) is 16.0 Å². The predicted molar refractivity (Wildman–Crippen MR) is 56.7 cm³/mol. The molecule has 0 aliphatic carbocycles. The van der Waals surface area contributed by atoms with E-state index in [1.54, 1.807) is 0 Å². The molecule has 5 heteroatoms. The van der Waals surface area contributed by atoms with Gasteiger partial charge in [0.25, 0.3) is 0 Å². The smallest absolute Gasteiger partial charge is 0.248 e. The van der Waals surface area contributed by atoms with Crippen LogP contribution in [0.4, 0.5) is 0 Å². The summed E-state index contributed by atoms with van der Waals surface area (Å²) in [5.41, 5.74) is -0.275. The molecular weight excluding hydrogens is 194 g/mol. The Morgan fingerprint density at radius 3 is 2.53 bits per heavy atom. The molecule has 15 heavy (non-hydrogen) atoms. The molecule has 2 amide bonds. The van der Waals surface area contributed by atoms with Crippen LogP contribution in [-0.4, -0.2) is 23.4 Å². The summed E-state index contributed by atoms with van der Waals surface area (Å²) in [6.45, 7) is 9.25. The molecular formula is C10H17N3O2. The van der Waals surface area contributed by atoms with Crippen molar-refractivity contribution in [3.63, 3.8) is 0 Å². The van der Waals surface area contributed by atoms with E-state index in [0.717, 1.165) is 0 Å². The Morgan fingerprint density at radius 2 is 2.13 bits per heavy atom. The zero-order valence-electron chi connectivity index (χ0n) is 9.31. The lowest BCUT2D eigenvalue weighted by molar-refractivity contribution is -0.127. The first-order chi connectivity index (χ1) is 6.78. The number of rotatable bonds is 2. The van der Waals surface area contributed by atoms with Gasteiger partial charge in [-0.3, -0.25) is 9.59 Å². The van der Waals surface area contributed by atoms with Crippen LogP contribution in [0.2, 0.25) is 0 Å². The number of hydrogen-bond donors (Lipinski definition) is 3. The number of nitrogens with one attached hydrogen (secondary N) is 3. The first-order valence-electron chi connectivity index (χ1n) is 4.85. The van der Waals surface area contributed by atoms with Crippen molar-refractivity contribution in [2.24, 2.45) is 0 Å². The Hall–Kier alpha value is -1.52. The maximum absolute atomic E-state index is 11.5. The third-order valence-electron chi connectivity index (χ3n) is 1.84. The van der Waals surface area contributed by atoms with Gasteiger partial charge in [-0.15, -0.1) is 0 Å². The second-order valence-electron chi connectivity index (χ2n) is 4.67. The fourth-order valence-corrected chi connectivity index (χ4v) is 1.35. The highest BCUT2D eigenvalue weighted by Gasteiger charge is 2.29. The molecule has 0 spiro atoms. The molecule has 0 aromatic heterocycles. The van der Waals surface area contributed by atoms with Crippen LogP contribution in [-0.2, 0) is 9.59 Å². The highest BCUT2D eigenvalue weighted by atomic mass is 16.2. The fraction of sp³-hybridized carbons (Fsp3) is 0.600. The zero-order valence-corrected chi connectivity index (χ0v) is 9.31. The topological polar surface area (TPSA) is 70.2 Å². The van der Waals surface area contributed by atoms with E-state index in [4.69, 9.17) is 0 Å². The average molecular weight is 211 g/mol. The van der Waals surface area contributed by atoms with Gasteiger partial charge >= 0.3 is 0 Å². The normalized spacial score (nSPS) is 20.9. The fourth-order valence-electron chi connectivity index (χ4n) is 1.35. The van der Waals surface area contributed by atoms with Crippen LogP contribution in [0.5, 0.6) is 0 Å². The SMILES string of the molecule is C=C1NC(=O)C(CC(=O)NC(C)(C)C)N1. The third-order valence-corrected chi connectivity index (χ3v) is 1.84. The third kappa shape index (κ3) is 3.61. The van der Waals surface area contributed by atoms with Crippen molar-refractivity contribution >= 4 is 11.8 Å². The number of carbonyl (C=O) groups excluding carboxylic acids is 2. The van der Waals surface area contributed by atoms with Crippen molar-refractivity contribution in [1.29, 1.82) is 0 Å². The standard InChI is InChI=1S/C10H17N3O2/c1-6-11-7(9(15)12-6)5-8(14)13-10(2,3)4/h7,11H,1,5H2,2-4H3,(H,12,15)(H,13,14). The zero-order chi connectivity index (χ0) is 11.6. The van der Waals surface area contributed by atoms with Crippen LogP contribution in [0.15, 0.2) is 12.4 Å². The van der Waals surface area contributed by atoms with Crippen molar-refractivity contribution in [2.75, 3.05) is 0 Å². The second kappa shape index (κ2) is 3.92. The maximum Gasteiger partial charge on any atom is 0.248 e. The molecule has 1 unspecified atom stereocenters. The summed E-state index contributed by atoms with van der Waals surface area (Å²) in [7, 11) is 0. The van der Waals surface area contributed by atoms with Gasteiger partial charge in [0.2, 0.25) is 11.8 Å². The van der Waals surface area contributed by atoms with E-state index in [-0.39, 0.29) is 23.8 Å². The molecule has 1 aliphatic heterocycles. The van der Waals surface area contributed by atoms with Crippen LogP contribution in [0, 0.1) is 0 Å². The van der Waals surface area contributed by atoms with E-state index in [0.29, 0.717) is 5.82 Å². The minimum atomic E-state index is -0.500. The van der Waals surface area contributed by atoms with E-state index in [1.807, 2.05) is 20.8 Å². The first kappa shape index (κ1) is 11.6. The molecule has 0 aromatic carbocycles. The summed E-state index contributed by atoms with van der Waals surface area (Å²) in [6, 6.07) is -0.500. The van der Waals surface area contributed by atoms with E-state index in [2.05, 4.69) is 22.5 Å². The van der Waals surface area contributed by atoms with E-state index in [9.17, 15) is 9.59 Å². The van der Waals surface area contributed by atoms with Gasteiger partial charge in [0, 0.05) is 5.54 Å². The number of carbonyl (C=O) groups is 2. The first-order valence-corrected chi connectivity index (χ1v) is 4.85. The Kier molecular flexibility index (Phi) is 3.02. The average Bonchev–Trinajstić information content (AvgIpc) is 2.25. The molecule has 1 aliphatic rings. The highest BCUT2D eigenvalue weighted by Crippen LogP contribution is 2.05. The Morgan fingerprint density at radius 1 is 1.53 bits per heavy atom. The van der Waals surface area contributed by atoms with Crippen LogP contribution < -0.4 is 16.0 Å². The van der Waals surface area contributed by atoms with Gasteiger partial charge in [-0.05, 0) is 20.8 Å². The van der Waals surface area contributed by atoms with Crippen molar-refractivity contribution < 1.29 is 9.59 Å². The quantitative estimate of drug-likeness (QED) is 0.595. The number of hydrogen-bond acceptors (Lipinski definition) is 3. The van der Waals surface area contributed by atoms with Crippen molar-refractivity contribution in [3.05, 3.63) is 12.4 Å². The van der Waals surface area contributed by atoms with E-state index in [1.165, 1.54) is 0 Å². The van der Waals surface area contributed by atoms with Gasteiger partial charge in [-0.25, -0.2) is 0 Å². The molecule has 1 heterocycles. The van der Waals surface area contributed by atoms with Gasteiger partial charge in [-0.2, -0.15) is 0 Å². The van der Waals surface area contributed by atoms with Crippen LogP contribution in [0.1, 0.15) is 27.2 Å². The summed E-state index contributed by atoms with van der Waals surface area (Å²) in [6.07, 6.45) is 0.127. The van der Waals surface area contributed by atoms with Crippen molar-refractivity contribution in [3.8, 4) is 0 Å². The maximum atomic E-state index is 11.5. The van der Waals surface area contributed by atoms with Gasteiger partial charge in [0.1, 0.15) is 6.04 Å².